The summed E-state index contributed by atoms with van der Waals surface area (Å²) in [6.07, 6.45) is -4.89. The Morgan fingerprint density at radius 1 is 1.00 bits per heavy atom. The van der Waals surface area contributed by atoms with Crippen molar-refractivity contribution in [1.82, 2.24) is 0 Å². The molecule has 5 heteroatoms. The number of fused-ring (bicyclic) bond motifs is 1. The molecule has 0 bridgehead atoms. The van der Waals surface area contributed by atoms with E-state index in [1.807, 2.05) is 6.92 Å². The molecule has 0 aliphatic heterocycles. The van der Waals surface area contributed by atoms with E-state index in [0.717, 1.165) is 17.7 Å². The summed E-state index contributed by atoms with van der Waals surface area (Å²) in [5, 5.41) is 1.04. The molecule has 0 aromatic heterocycles. The average Bonchev–Trinajstić information content (AvgIpc) is 2.17. The first kappa shape index (κ1) is 11.7. The monoisotopic (exact) mass is 244 g/mol. The van der Waals surface area contributed by atoms with Gasteiger partial charge in [-0.2, -0.15) is 0 Å². The highest BCUT2D eigenvalue weighted by molar-refractivity contribution is 5.84. The van der Waals surface area contributed by atoms with E-state index >= 15 is 0 Å². The van der Waals surface area contributed by atoms with E-state index in [2.05, 4.69) is 4.74 Å². The lowest BCUT2D eigenvalue weighted by Crippen LogP contribution is -2.17. The summed E-state index contributed by atoms with van der Waals surface area (Å²) in [4.78, 5) is 0. The summed E-state index contributed by atoms with van der Waals surface area (Å²) in [5.41, 5.74) is 0.904. The number of ether oxygens (including phenoxy) is 1. The third-order valence-corrected chi connectivity index (χ3v) is 2.27. The van der Waals surface area contributed by atoms with Crippen LogP contribution in [-0.2, 0) is 0 Å². The number of alkyl halides is 3. The molecule has 0 N–H and O–H groups in total. The summed E-state index contributed by atoms with van der Waals surface area (Å²) in [6.45, 7) is 1.82. The number of halogens is 4. The first-order chi connectivity index (χ1) is 7.85. The van der Waals surface area contributed by atoms with Crippen molar-refractivity contribution in [2.75, 3.05) is 0 Å². The topological polar surface area (TPSA) is 9.23 Å². The molecule has 0 aliphatic carbocycles. The smallest absolute Gasteiger partial charge is 0.403 e. The second-order valence-electron chi connectivity index (χ2n) is 3.68. The van der Waals surface area contributed by atoms with Crippen molar-refractivity contribution in [2.24, 2.45) is 0 Å². The van der Waals surface area contributed by atoms with Crippen molar-refractivity contribution in [1.29, 1.82) is 0 Å². The van der Waals surface area contributed by atoms with Crippen LogP contribution in [0.3, 0.4) is 0 Å². The summed E-state index contributed by atoms with van der Waals surface area (Å²) < 4.78 is 52.9. The molecular weight excluding hydrogens is 236 g/mol. The van der Waals surface area contributed by atoms with Crippen molar-refractivity contribution in [2.45, 2.75) is 13.3 Å². The quantitative estimate of drug-likeness (QED) is 0.683. The molecule has 2 aromatic carbocycles. The summed E-state index contributed by atoms with van der Waals surface area (Å²) in [7, 11) is 0. The van der Waals surface area contributed by atoms with Gasteiger partial charge in [0.05, 0.1) is 0 Å². The normalized spacial score (nSPS) is 11.8. The number of aryl methyl sites for hydroxylation is 1. The molecule has 90 valence electrons. The van der Waals surface area contributed by atoms with Gasteiger partial charge in [0.25, 0.3) is 0 Å². The molecule has 1 nitrogen and oxygen atoms in total. The summed E-state index contributed by atoms with van der Waals surface area (Å²) in [5.74, 6) is -1.84. The highest BCUT2D eigenvalue weighted by Crippen LogP contribution is 2.29. The van der Waals surface area contributed by atoms with Crippen LogP contribution >= 0.6 is 0 Å². The first-order valence-electron chi connectivity index (χ1n) is 4.81. The molecule has 0 spiro atoms. The van der Waals surface area contributed by atoms with E-state index < -0.39 is 17.9 Å². The van der Waals surface area contributed by atoms with Gasteiger partial charge < -0.3 is 4.74 Å². The first-order valence-corrected chi connectivity index (χ1v) is 4.81. The van der Waals surface area contributed by atoms with Crippen LogP contribution in [-0.4, -0.2) is 6.36 Å². The predicted octanol–water partition coefficient (Wildman–Crippen LogP) is 4.19. The lowest BCUT2D eigenvalue weighted by molar-refractivity contribution is -0.275. The van der Waals surface area contributed by atoms with Crippen LogP contribution in [0.1, 0.15) is 5.56 Å². The minimum atomic E-state index is -4.89. The standard InChI is InChI=1S/C12H8F4O/c1-7-2-3-8-6-11(17-12(14,15)16)10(13)5-9(8)4-7/h2-6H,1H3. The van der Waals surface area contributed by atoms with E-state index in [0.29, 0.717) is 10.8 Å². The Morgan fingerprint density at radius 2 is 1.71 bits per heavy atom. The van der Waals surface area contributed by atoms with Crippen LogP contribution in [0.4, 0.5) is 17.6 Å². The molecule has 0 aliphatic rings. The maximum Gasteiger partial charge on any atom is 0.573 e. The Hall–Kier alpha value is -1.78. The molecule has 0 atom stereocenters. The Labute approximate surface area is 94.6 Å². The SMILES string of the molecule is Cc1ccc2cc(OC(F)(F)F)c(F)cc2c1. The predicted molar refractivity (Wildman–Crippen MR) is 55.3 cm³/mol. The van der Waals surface area contributed by atoms with Gasteiger partial charge in [-0.1, -0.05) is 23.8 Å². The lowest BCUT2D eigenvalue weighted by atomic mass is 10.1. The molecular formula is C12H8F4O. The maximum atomic E-state index is 13.4. The van der Waals surface area contributed by atoms with E-state index in [4.69, 9.17) is 0 Å². The lowest BCUT2D eigenvalue weighted by Gasteiger charge is -2.10. The second-order valence-corrected chi connectivity index (χ2v) is 3.68. The fourth-order valence-electron chi connectivity index (χ4n) is 1.57. The van der Waals surface area contributed by atoms with E-state index in [1.54, 1.807) is 18.2 Å². The van der Waals surface area contributed by atoms with Crippen LogP contribution < -0.4 is 4.74 Å². The Morgan fingerprint density at radius 3 is 2.35 bits per heavy atom. The molecule has 0 saturated carbocycles. The molecule has 2 rings (SSSR count). The number of hydrogen-bond donors (Lipinski definition) is 0. The van der Waals surface area contributed by atoms with Gasteiger partial charge in [-0.25, -0.2) is 4.39 Å². The summed E-state index contributed by atoms with van der Waals surface area (Å²) in [6, 6.07) is 7.11. The average molecular weight is 244 g/mol. The van der Waals surface area contributed by atoms with Gasteiger partial charge in [0.1, 0.15) is 0 Å². The molecule has 0 unspecified atom stereocenters. The second kappa shape index (κ2) is 3.91. The Balaban J connectivity index is 2.52. The van der Waals surface area contributed by atoms with Gasteiger partial charge in [0.2, 0.25) is 0 Å². The molecule has 0 amide bonds. The van der Waals surface area contributed by atoms with Crippen molar-refractivity contribution in [3.8, 4) is 5.75 Å². The highest BCUT2D eigenvalue weighted by Gasteiger charge is 2.32. The van der Waals surface area contributed by atoms with Gasteiger partial charge in [-0.15, -0.1) is 13.2 Å². The zero-order chi connectivity index (χ0) is 12.6. The van der Waals surface area contributed by atoms with Crippen molar-refractivity contribution in [3.63, 3.8) is 0 Å². The minimum absolute atomic E-state index is 0.497. The van der Waals surface area contributed by atoms with E-state index in [9.17, 15) is 17.6 Å². The Kier molecular flexibility index (Phi) is 2.69. The van der Waals surface area contributed by atoms with Crippen LogP contribution in [0, 0.1) is 12.7 Å². The van der Waals surface area contributed by atoms with Crippen molar-refractivity contribution >= 4 is 10.8 Å². The van der Waals surface area contributed by atoms with Gasteiger partial charge >= 0.3 is 6.36 Å². The van der Waals surface area contributed by atoms with Crippen LogP contribution in [0.5, 0.6) is 5.75 Å². The van der Waals surface area contributed by atoms with E-state index in [-0.39, 0.29) is 0 Å². The molecule has 0 saturated heterocycles. The molecule has 0 heterocycles. The van der Waals surface area contributed by atoms with Gasteiger partial charge in [0.15, 0.2) is 11.6 Å². The van der Waals surface area contributed by atoms with Crippen LogP contribution in [0.15, 0.2) is 30.3 Å². The number of rotatable bonds is 1. The van der Waals surface area contributed by atoms with E-state index in [1.165, 1.54) is 0 Å². The minimum Gasteiger partial charge on any atom is -0.403 e. The van der Waals surface area contributed by atoms with Crippen molar-refractivity contribution in [3.05, 3.63) is 41.7 Å². The molecule has 0 fully saturated rings. The Bertz CT molecular complexity index is 560. The molecule has 0 radical (unpaired) electrons. The van der Waals surface area contributed by atoms with Gasteiger partial charge in [0, 0.05) is 0 Å². The number of benzene rings is 2. The number of hydrogen-bond acceptors (Lipinski definition) is 1. The van der Waals surface area contributed by atoms with Gasteiger partial charge in [-0.3, -0.25) is 0 Å². The zero-order valence-electron chi connectivity index (χ0n) is 8.81. The molecule has 17 heavy (non-hydrogen) atoms. The van der Waals surface area contributed by atoms with Crippen LogP contribution in [0.2, 0.25) is 0 Å². The van der Waals surface area contributed by atoms with Gasteiger partial charge in [-0.05, 0) is 29.8 Å². The fourth-order valence-corrected chi connectivity index (χ4v) is 1.57. The van der Waals surface area contributed by atoms with Crippen molar-refractivity contribution < 1.29 is 22.3 Å². The highest BCUT2D eigenvalue weighted by atomic mass is 19.4. The fraction of sp³-hybridized carbons (Fsp3) is 0.167. The molecule has 2 aromatic rings. The largest absolute Gasteiger partial charge is 0.573 e. The maximum absolute atomic E-state index is 13.4. The zero-order valence-corrected chi connectivity index (χ0v) is 8.81. The third-order valence-electron chi connectivity index (χ3n) is 2.27. The van der Waals surface area contributed by atoms with Crippen LogP contribution in [0.25, 0.3) is 10.8 Å². The third kappa shape index (κ3) is 2.67. The summed E-state index contributed by atoms with van der Waals surface area (Å²) >= 11 is 0.